The Hall–Kier alpha value is -2.73. The van der Waals surface area contributed by atoms with E-state index in [-0.39, 0.29) is 16.5 Å². The van der Waals surface area contributed by atoms with E-state index in [1.807, 2.05) is 30.3 Å². The molecule has 1 aromatic heterocycles. The molecule has 1 unspecified atom stereocenters. The quantitative estimate of drug-likeness (QED) is 0.707. The van der Waals surface area contributed by atoms with Crippen LogP contribution in [0.5, 0.6) is 0 Å². The highest BCUT2D eigenvalue weighted by Crippen LogP contribution is 2.30. The van der Waals surface area contributed by atoms with E-state index in [1.54, 1.807) is 13.0 Å². The van der Waals surface area contributed by atoms with Crippen molar-refractivity contribution >= 4 is 33.3 Å². The maximum atomic E-state index is 14.6. The summed E-state index contributed by atoms with van der Waals surface area (Å²) >= 11 is 1.06. The van der Waals surface area contributed by atoms with Gasteiger partial charge in [0.2, 0.25) is 6.17 Å². The van der Waals surface area contributed by atoms with Crippen LogP contribution in [0.1, 0.15) is 39.9 Å². The molecule has 3 aromatic rings. The summed E-state index contributed by atoms with van der Waals surface area (Å²) in [5.41, 5.74) is 1.10. The van der Waals surface area contributed by atoms with Crippen molar-refractivity contribution < 1.29 is 19.1 Å². The molecule has 6 heteroatoms. The molecule has 0 saturated carbocycles. The number of fused-ring (bicyclic) bond motifs is 1. The van der Waals surface area contributed by atoms with Crippen LogP contribution in [0, 0.1) is 0 Å². The summed E-state index contributed by atoms with van der Waals surface area (Å²) in [7, 11) is 0. The molecule has 0 bridgehead atoms. The van der Waals surface area contributed by atoms with E-state index in [0.29, 0.717) is 4.70 Å². The second kappa shape index (κ2) is 7.03. The van der Waals surface area contributed by atoms with Gasteiger partial charge >= 0.3 is 5.97 Å². The van der Waals surface area contributed by atoms with E-state index in [0.717, 1.165) is 22.3 Å². The van der Waals surface area contributed by atoms with Gasteiger partial charge in [-0.25, -0.2) is 9.18 Å². The number of thiophene rings is 1. The van der Waals surface area contributed by atoms with Gasteiger partial charge in [0, 0.05) is 4.70 Å². The van der Waals surface area contributed by atoms with Gasteiger partial charge in [-0.05, 0) is 35.6 Å². The van der Waals surface area contributed by atoms with Crippen molar-refractivity contribution in [2.24, 2.45) is 0 Å². The van der Waals surface area contributed by atoms with Crippen LogP contribution in [-0.2, 0) is 4.79 Å². The smallest absolute Gasteiger partial charge is 0.345 e. The number of aromatic carboxylic acids is 1. The van der Waals surface area contributed by atoms with Crippen LogP contribution in [0.4, 0.5) is 4.39 Å². The maximum Gasteiger partial charge on any atom is 0.345 e. The third kappa shape index (κ3) is 3.69. The molecule has 1 heterocycles. The first-order valence-corrected chi connectivity index (χ1v) is 8.53. The van der Waals surface area contributed by atoms with Crippen molar-refractivity contribution in [3.63, 3.8) is 0 Å². The van der Waals surface area contributed by atoms with Gasteiger partial charge in [0.1, 0.15) is 4.88 Å². The molecule has 2 aromatic carbocycles. The van der Waals surface area contributed by atoms with Gasteiger partial charge in [-0.3, -0.25) is 4.79 Å². The molecular formula is C19H16FNO3S. The first kappa shape index (κ1) is 17.1. The molecule has 25 heavy (non-hydrogen) atoms. The van der Waals surface area contributed by atoms with Crippen molar-refractivity contribution in [2.75, 3.05) is 0 Å². The second-order valence-electron chi connectivity index (χ2n) is 5.72. The monoisotopic (exact) mass is 357 g/mol. The van der Waals surface area contributed by atoms with Crippen LogP contribution in [0.25, 0.3) is 10.1 Å². The van der Waals surface area contributed by atoms with Gasteiger partial charge in [-0.15, -0.1) is 11.3 Å². The fraction of sp³-hybridized carbons (Fsp3) is 0.158. The van der Waals surface area contributed by atoms with Crippen LogP contribution >= 0.6 is 11.3 Å². The Morgan fingerprint density at radius 1 is 1.08 bits per heavy atom. The largest absolute Gasteiger partial charge is 0.477 e. The molecule has 3 rings (SSSR count). The summed E-state index contributed by atoms with van der Waals surface area (Å²) in [4.78, 5) is 23.4. The number of halogens is 1. The lowest BCUT2D eigenvalue weighted by atomic mass is 10.1. The Bertz CT molecular complexity index is 923. The minimum Gasteiger partial charge on any atom is -0.477 e. The highest BCUT2D eigenvalue weighted by atomic mass is 32.1. The Morgan fingerprint density at radius 2 is 1.80 bits per heavy atom. The van der Waals surface area contributed by atoms with E-state index in [4.69, 9.17) is 5.11 Å². The average molecular weight is 357 g/mol. The minimum atomic E-state index is -1.81. The number of carboxylic acids is 1. The van der Waals surface area contributed by atoms with Crippen molar-refractivity contribution in [1.29, 1.82) is 0 Å². The first-order chi connectivity index (χ1) is 12.0. The molecule has 2 atom stereocenters. The van der Waals surface area contributed by atoms with E-state index in [2.05, 4.69) is 5.32 Å². The molecule has 0 fully saturated rings. The molecule has 0 aliphatic carbocycles. The number of nitrogens with one attached hydrogen (secondary N) is 1. The number of benzene rings is 2. The summed E-state index contributed by atoms with van der Waals surface area (Å²) in [5, 5.41) is 12.4. The average Bonchev–Trinajstić information content (AvgIpc) is 3.05. The minimum absolute atomic E-state index is 0.185. The zero-order chi connectivity index (χ0) is 18.0. The van der Waals surface area contributed by atoms with Gasteiger partial charge in [-0.1, -0.05) is 42.5 Å². The summed E-state index contributed by atoms with van der Waals surface area (Å²) < 4.78 is 15.2. The van der Waals surface area contributed by atoms with Crippen LogP contribution in [0.2, 0.25) is 0 Å². The Kier molecular flexibility index (Phi) is 4.81. The SMILES string of the molecule is C[C@H](NC(=O)C(F)c1ccc2cc(C(=O)O)sc2c1)c1ccccc1. The molecule has 4 nitrogen and oxygen atoms in total. The molecule has 0 aliphatic rings. The maximum absolute atomic E-state index is 14.6. The molecule has 0 spiro atoms. The van der Waals surface area contributed by atoms with Crippen LogP contribution in [0.15, 0.2) is 54.6 Å². The van der Waals surface area contributed by atoms with Crippen LogP contribution < -0.4 is 5.32 Å². The number of carboxylic acid groups (broad SMARTS) is 1. The lowest BCUT2D eigenvalue weighted by molar-refractivity contribution is -0.126. The number of rotatable bonds is 5. The standard InChI is InChI=1S/C19H16FNO3S/c1-11(12-5-3-2-4-6-12)21-18(22)17(20)14-8-7-13-9-16(19(23)24)25-15(13)10-14/h2-11,17H,1H3,(H,21,22)(H,23,24)/t11-,17?/m0/s1. The van der Waals surface area contributed by atoms with Crippen LogP contribution in [-0.4, -0.2) is 17.0 Å². The number of hydrogen-bond donors (Lipinski definition) is 2. The molecule has 0 saturated heterocycles. The zero-order valence-electron chi connectivity index (χ0n) is 13.4. The number of carbonyl (C=O) groups is 2. The highest BCUT2D eigenvalue weighted by molar-refractivity contribution is 7.20. The van der Waals surface area contributed by atoms with Crippen LogP contribution in [0.3, 0.4) is 0 Å². The topological polar surface area (TPSA) is 66.4 Å². The third-order valence-corrected chi connectivity index (χ3v) is 5.02. The zero-order valence-corrected chi connectivity index (χ0v) is 14.2. The Labute approximate surface area is 147 Å². The molecule has 0 aliphatic heterocycles. The number of hydrogen-bond acceptors (Lipinski definition) is 3. The van der Waals surface area contributed by atoms with E-state index in [9.17, 15) is 14.0 Å². The highest BCUT2D eigenvalue weighted by Gasteiger charge is 2.22. The third-order valence-electron chi connectivity index (χ3n) is 3.94. The second-order valence-corrected chi connectivity index (χ2v) is 6.80. The first-order valence-electron chi connectivity index (χ1n) is 7.72. The van der Waals surface area contributed by atoms with Crippen molar-refractivity contribution in [3.8, 4) is 0 Å². The molecule has 0 radical (unpaired) electrons. The summed E-state index contributed by atoms with van der Waals surface area (Å²) in [6.07, 6.45) is -1.81. The normalized spacial score (nSPS) is 13.4. The summed E-state index contributed by atoms with van der Waals surface area (Å²) in [6.45, 7) is 1.79. The van der Waals surface area contributed by atoms with Gasteiger partial charge in [-0.2, -0.15) is 0 Å². The van der Waals surface area contributed by atoms with Gasteiger partial charge in [0.05, 0.1) is 6.04 Å². The molecule has 128 valence electrons. The predicted octanol–water partition coefficient (Wildman–Crippen LogP) is 4.49. The lowest BCUT2D eigenvalue weighted by Crippen LogP contribution is -2.30. The van der Waals surface area contributed by atoms with E-state index in [1.165, 1.54) is 18.2 Å². The number of carbonyl (C=O) groups excluding carboxylic acids is 1. The predicted molar refractivity (Wildman–Crippen MR) is 95.6 cm³/mol. The molecule has 2 N–H and O–H groups in total. The molecule has 1 amide bonds. The Morgan fingerprint density at radius 3 is 2.48 bits per heavy atom. The van der Waals surface area contributed by atoms with E-state index < -0.39 is 18.0 Å². The van der Waals surface area contributed by atoms with Crippen molar-refractivity contribution in [2.45, 2.75) is 19.1 Å². The van der Waals surface area contributed by atoms with Gasteiger partial charge < -0.3 is 10.4 Å². The lowest BCUT2D eigenvalue weighted by Gasteiger charge is -2.16. The number of alkyl halides is 1. The van der Waals surface area contributed by atoms with Crippen molar-refractivity contribution in [1.82, 2.24) is 5.32 Å². The van der Waals surface area contributed by atoms with E-state index >= 15 is 0 Å². The molecular weight excluding hydrogens is 341 g/mol. The van der Waals surface area contributed by atoms with Gasteiger partial charge in [0.25, 0.3) is 5.91 Å². The van der Waals surface area contributed by atoms with Crippen molar-refractivity contribution in [3.05, 3.63) is 70.6 Å². The summed E-state index contributed by atoms with van der Waals surface area (Å²) in [5.74, 6) is -1.74. The summed E-state index contributed by atoms with van der Waals surface area (Å²) in [6, 6.07) is 15.2. The fourth-order valence-corrected chi connectivity index (χ4v) is 3.52. The number of amides is 1. The Balaban J connectivity index is 1.77. The van der Waals surface area contributed by atoms with Gasteiger partial charge in [0.15, 0.2) is 0 Å². The fourth-order valence-electron chi connectivity index (χ4n) is 2.57.